The lowest BCUT2D eigenvalue weighted by Gasteiger charge is -2.34. The fourth-order valence-corrected chi connectivity index (χ4v) is 13.3. The summed E-state index contributed by atoms with van der Waals surface area (Å²) in [5, 5.41) is 21.1. The molecular formula is C62H72F2N10O6. The lowest BCUT2D eigenvalue weighted by molar-refractivity contribution is -0.135. The number of piperazine rings is 1. The Morgan fingerprint density at radius 1 is 0.887 bits per heavy atom. The third-order valence-corrected chi connectivity index (χ3v) is 17.6. The van der Waals surface area contributed by atoms with E-state index in [9.17, 15) is 24.3 Å². The Morgan fingerprint density at radius 3 is 2.36 bits per heavy atom. The minimum Gasteiger partial charge on any atom is -0.508 e. The van der Waals surface area contributed by atoms with Gasteiger partial charge in [0.2, 0.25) is 23.6 Å². The summed E-state index contributed by atoms with van der Waals surface area (Å²) in [5.41, 5.74) is 4.14. The molecule has 11 rings (SSSR count). The number of aromatic nitrogens is 3. The number of aliphatic imine (C=N–C) groups is 1. The van der Waals surface area contributed by atoms with E-state index in [0.29, 0.717) is 74.2 Å². The van der Waals surface area contributed by atoms with Crippen LogP contribution >= 0.6 is 0 Å². The number of benzene rings is 3. The molecule has 8 heterocycles. The maximum atomic E-state index is 17.1. The quantitative estimate of drug-likeness (QED) is 0.0350. The molecule has 420 valence electrons. The molecule has 6 aliphatic heterocycles. The van der Waals surface area contributed by atoms with Crippen LogP contribution in [0.4, 0.5) is 14.6 Å². The van der Waals surface area contributed by atoms with Gasteiger partial charge in [0, 0.05) is 98.9 Å². The molecule has 3 aromatic carbocycles. The number of halogens is 2. The minimum atomic E-state index is -0.774. The molecular weight excluding hydrogens is 1020 g/mol. The van der Waals surface area contributed by atoms with E-state index >= 15 is 8.78 Å². The number of imide groups is 1. The van der Waals surface area contributed by atoms with E-state index in [1.807, 2.05) is 11.9 Å². The second-order valence-corrected chi connectivity index (χ2v) is 23.1. The van der Waals surface area contributed by atoms with E-state index in [1.165, 1.54) is 36.0 Å². The number of likely N-dealkylation sites (N-methyl/N-ethyl adjacent to an activating group) is 1. The fraction of sp³-hybridized carbons (Fsp3) is 0.516. The maximum absolute atomic E-state index is 17.1. The molecule has 2 bridgehead atoms. The van der Waals surface area contributed by atoms with E-state index in [2.05, 4.69) is 66.8 Å². The molecule has 0 saturated carbocycles. The highest BCUT2D eigenvalue weighted by atomic mass is 19.1. The molecule has 4 amide bonds. The molecule has 2 aromatic heterocycles. The summed E-state index contributed by atoms with van der Waals surface area (Å²) in [5.74, 6) is 1.14. The Kier molecular flexibility index (Phi) is 16.4. The zero-order chi connectivity index (χ0) is 55.6. The Hall–Kier alpha value is -7.10. The largest absolute Gasteiger partial charge is 0.508 e. The van der Waals surface area contributed by atoms with E-state index in [4.69, 9.17) is 21.1 Å². The first kappa shape index (κ1) is 54.8. The number of nitrogens with one attached hydrogen (secondary N) is 3. The van der Waals surface area contributed by atoms with Gasteiger partial charge in [-0.25, -0.2) is 8.78 Å². The first-order valence-electron chi connectivity index (χ1n) is 29.0. The molecule has 5 aromatic rings. The van der Waals surface area contributed by atoms with Gasteiger partial charge in [-0.3, -0.25) is 39.4 Å². The number of ether oxygens (including phenoxy) is 1. The van der Waals surface area contributed by atoms with Crippen LogP contribution < -0.4 is 25.6 Å². The number of fused-ring (bicyclic) bond motifs is 5. The number of terminal acetylenes is 1. The van der Waals surface area contributed by atoms with Crippen LogP contribution in [0.1, 0.15) is 150 Å². The third kappa shape index (κ3) is 11.7. The highest BCUT2D eigenvalue weighted by Crippen LogP contribution is 2.41. The zero-order valence-corrected chi connectivity index (χ0v) is 45.9. The van der Waals surface area contributed by atoms with Gasteiger partial charge in [0.15, 0.2) is 5.82 Å². The second-order valence-electron chi connectivity index (χ2n) is 23.1. The van der Waals surface area contributed by atoms with Gasteiger partial charge in [0.05, 0.1) is 28.6 Å². The van der Waals surface area contributed by atoms with Gasteiger partial charge in [-0.15, -0.1) is 6.42 Å². The summed E-state index contributed by atoms with van der Waals surface area (Å²) in [7, 11) is 1.99. The van der Waals surface area contributed by atoms with Crippen molar-refractivity contribution in [3.63, 3.8) is 0 Å². The molecule has 4 N–H and O–H groups in total. The maximum Gasteiger partial charge on any atom is 0.319 e. The number of carbonyl (C=O) groups excluding carboxylic acids is 4. The summed E-state index contributed by atoms with van der Waals surface area (Å²) >= 11 is 0. The number of piperidine rings is 2. The standard InChI is InChI=1S/C62H72F2N10O6/c1-4-45-51(63)21-16-39-27-44(75)30-49(55(39)45)58-56(64)59-50(31-65-58)60(74-33-40-17-18-41(34-74)67-40)71-62(70-59)80-35-43-29-42(32-72(43)3)68-52(76)13-11-9-7-5-6-8-10-12-14-54(78)73-25-23-37(24-26-73)38-15-19-46-48(28-38)36(2)66-57(46)47-20-22-53(77)69-61(47)79/h1,15-16,19,21,27-28,30-31,36-37,40-43,47,67,75H,5-14,17-18,20,22-26,29,32-35H2,2-3H3,(H,68,76)(H,69,77,79)/t36?,40?,41?,42-,43?,47?/m1/s1. The smallest absolute Gasteiger partial charge is 0.319 e. The minimum absolute atomic E-state index is 0.00912. The lowest BCUT2D eigenvalue weighted by atomic mass is 9.84. The van der Waals surface area contributed by atoms with Crippen molar-refractivity contribution in [1.29, 1.82) is 0 Å². The van der Waals surface area contributed by atoms with Crippen molar-refractivity contribution in [2.75, 3.05) is 51.3 Å². The normalized spacial score (nSPS) is 23.1. The highest BCUT2D eigenvalue weighted by molar-refractivity contribution is 6.18. The van der Waals surface area contributed by atoms with Crippen molar-refractivity contribution >= 4 is 56.8 Å². The van der Waals surface area contributed by atoms with Crippen LogP contribution in [-0.4, -0.2) is 130 Å². The Bertz CT molecular complexity index is 3270. The number of hydrogen-bond acceptors (Lipinski definition) is 13. The van der Waals surface area contributed by atoms with Crippen molar-refractivity contribution in [2.45, 2.75) is 152 Å². The molecule has 6 aliphatic rings. The topological polar surface area (TPSA) is 195 Å². The van der Waals surface area contributed by atoms with Gasteiger partial charge in [-0.1, -0.05) is 68.7 Å². The van der Waals surface area contributed by atoms with Crippen molar-refractivity contribution in [2.24, 2.45) is 10.9 Å². The van der Waals surface area contributed by atoms with Crippen molar-refractivity contribution in [3.05, 3.63) is 82.5 Å². The number of anilines is 1. The Morgan fingerprint density at radius 2 is 1.62 bits per heavy atom. The van der Waals surface area contributed by atoms with Crippen LogP contribution in [0.25, 0.3) is 32.9 Å². The first-order chi connectivity index (χ1) is 38.8. The molecule has 0 spiro atoms. The molecule has 80 heavy (non-hydrogen) atoms. The fourth-order valence-electron chi connectivity index (χ4n) is 13.3. The Balaban J connectivity index is 0.596. The van der Waals surface area contributed by atoms with Crippen LogP contribution in [0.5, 0.6) is 11.8 Å². The number of phenolic OH excluding ortho intramolecular Hbond substituents is 1. The summed E-state index contributed by atoms with van der Waals surface area (Å²) in [6, 6.07) is 12.4. The van der Waals surface area contributed by atoms with Crippen LogP contribution in [0.15, 0.2) is 53.7 Å². The molecule has 18 heteroatoms. The number of likely N-dealkylation sites (tertiary alicyclic amines) is 2. The van der Waals surface area contributed by atoms with Crippen molar-refractivity contribution in [3.8, 4) is 35.4 Å². The van der Waals surface area contributed by atoms with E-state index in [0.717, 1.165) is 107 Å². The second kappa shape index (κ2) is 23.9. The number of aromatic hydroxyl groups is 1. The van der Waals surface area contributed by atoms with Crippen molar-refractivity contribution in [1.82, 2.24) is 40.7 Å². The molecule has 5 saturated heterocycles. The molecule has 16 nitrogen and oxygen atoms in total. The third-order valence-electron chi connectivity index (χ3n) is 17.6. The molecule has 5 fully saturated rings. The summed E-state index contributed by atoms with van der Waals surface area (Å²) in [6.45, 7) is 5.79. The van der Waals surface area contributed by atoms with E-state index in [1.54, 1.807) is 0 Å². The lowest BCUT2D eigenvalue weighted by Crippen LogP contribution is -2.51. The average molecular weight is 1090 g/mol. The zero-order valence-electron chi connectivity index (χ0n) is 45.9. The molecule has 5 unspecified atom stereocenters. The highest BCUT2D eigenvalue weighted by Gasteiger charge is 2.38. The number of pyridine rings is 1. The summed E-state index contributed by atoms with van der Waals surface area (Å²) in [6.07, 6.45) is 21.9. The van der Waals surface area contributed by atoms with Gasteiger partial charge in [-0.2, -0.15) is 9.97 Å². The van der Waals surface area contributed by atoms with E-state index in [-0.39, 0.29) is 106 Å². The number of carbonyl (C=O) groups is 4. The Labute approximate surface area is 465 Å². The number of nitrogens with zero attached hydrogens (tertiary/aromatic N) is 7. The molecule has 0 aliphatic carbocycles. The number of rotatable bonds is 19. The number of hydrogen-bond donors (Lipinski definition) is 4. The summed E-state index contributed by atoms with van der Waals surface area (Å²) in [4.78, 5) is 75.8. The number of phenols is 1. The predicted octanol–water partition coefficient (Wildman–Crippen LogP) is 8.54. The number of amides is 4. The summed E-state index contributed by atoms with van der Waals surface area (Å²) < 4.78 is 38.4. The average Bonchev–Trinajstić information content (AvgIpc) is 4.09. The van der Waals surface area contributed by atoms with Gasteiger partial charge >= 0.3 is 6.01 Å². The predicted molar refractivity (Wildman–Crippen MR) is 302 cm³/mol. The van der Waals surface area contributed by atoms with Crippen LogP contribution in [0, 0.1) is 29.9 Å². The van der Waals surface area contributed by atoms with E-state index < -0.39 is 11.6 Å². The van der Waals surface area contributed by atoms with Gasteiger partial charge in [-0.05, 0) is 106 Å². The molecule has 6 atom stereocenters. The monoisotopic (exact) mass is 1090 g/mol. The molecule has 0 radical (unpaired) electrons. The SMILES string of the molecule is C#Cc1c(F)ccc2cc(O)cc(-c3ncc4c(N5CC6CCC(C5)N6)nc(OCC5C[C@@H](NC(=O)CCCCCCCCCCC(=O)N6CCC(c7ccc8c(c7)C(C)N=C8C7CCC(=O)NC7=O)CC6)CN5C)nc4c3F)c12. The van der Waals surface area contributed by atoms with Gasteiger partial charge in [0.25, 0.3) is 0 Å². The number of unbranched alkanes of at least 4 members (excludes halogenated alkanes) is 7. The van der Waals surface area contributed by atoms with Crippen LogP contribution in [-0.2, 0) is 19.2 Å². The van der Waals surface area contributed by atoms with Crippen molar-refractivity contribution < 1.29 is 37.8 Å². The van der Waals surface area contributed by atoms with Crippen LogP contribution in [0.2, 0.25) is 0 Å². The van der Waals surface area contributed by atoms with Crippen LogP contribution in [0.3, 0.4) is 0 Å². The first-order valence-corrected chi connectivity index (χ1v) is 29.0. The van der Waals surface area contributed by atoms with Gasteiger partial charge < -0.3 is 30.3 Å². The van der Waals surface area contributed by atoms with Gasteiger partial charge in [0.1, 0.15) is 35.2 Å².